The summed E-state index contributed by atoms with van der Waals surface area (Å²) >= 11 is 0. The van der Waals surface area contributed by atoms with Crippen LogP contribution in [0.15, 0.2) is 6.07 Å². The average Bonchev–Trinajstić information content (AvgIpc) is 2.97. The predicted octanol–water partition coefficient (Wildman–Crippen LogP) is 1.85. The molecule has 0 radical (unpaired) electrons. The first-order chi connectivity index (χ1) is 11.3. The largest absolute Gasteiger partial charge is 0.298 e. The molecular weight excluding hydrogens is 286 g/mol. The van der Waals surface area contributed by atoms with E-state index in [2.05, 4.69) is 37.9 Å². The highest BCUT2D eigenvalue weighted by Crippen LogP contribution is 2.25. The van der Waals surface area contributed by atoms with Crippen molar-refractivity contribution in [3.05, 3.63) is 17.5 Å². The maximum Gasteiger partial charge on any atom is 0.0765 e. The van der Waals surface area contributed by atoms with Crippen molar-refractivity contribution in [3.8, 4) is 0 Å². The highest BCUT2D eigenvalue weighted by molar-refractivity contribution is 5.07. The molecule has 2 saturated heterocycles. The molecule has 5 nitrogen and oxygen atoms in total. The van der Waals surface area contributed by atoms with Gasteiger partial charge in [0, 0.05) is 63.6 Å². The van der Waals surface area contributed by atoms with E-state index in [0.29, 0.717) is 0 Å². The Balaban J connectivity index is 1.18. The van der Waals surface area contributed by atoms with Gasteiger partial charge in [0.05, 0.1) is 5.69 Å². The predicted molar refractivity (Wildman–Crippen MR) is 92.4 cm³/mol. The van der Waals surface area contributed by atoms with Crippen molar-refractivity contribution in [2.75, 3.05) is 39.3 Å². The minimum Gasteiger partial charge on any atom is -0.298 e. The minimum atomic E-state index is 0.781. The van der Waals surface area contributed by atoms with E-state index < -0.39 is 0 Å². The standard InChI is InChI=1S/C18H31N5/c1-15-11-16(20-19-15)12-21-13-18(14-21)23-9-7-22(8-10-23)17-5-3-2-4-6-17/h11,17-18H,2-10,12-14H2,1H3,(H,19,20). The molecule has 1 saturated carbocycles. The molecule has 1 aromatic rings. The van der Waals surface area contributed by atoms with E-state index in [1.807, 2.05) is 0 Å². The number of nitrogens with zero attached hydrogens (tertiary/aromatic N) is 4. The number of piperazine rings is 1. The summed E-state index contributed by atoms with van der Waals surface area (Å²) in [6, 6.07) is 3.84. The SMILES string of the molecule is Cc1cc(CN2CC(N3CCN(C4CCCCC4)CC3)C2)n[nH]1. The molecule has 0 aromatic carbocycles. The van der Waals surface area contributed by atoms with Crippen LogP contribution in [-0.4, -0.2) is 76.2 Å². The van der Waals surface area contributed by atoms with E-state index in [1.165, 1.54) is 77.1 Å². The Bertz CT molecular complexity index is 493. The molecule has 0 atom stereocenters. The number of aromatic amines is 1. The normalized spacial score (nSPS) is 26.5. The summed E-state index contributed by atoms with van der Waals surface area (Å²) in [5.41, 5.74) is 2.35. The third-order valence-electron chi connectivity index (χ3n) is 6.04. The molecule has 0 amide bonds. The zero-order valence-electron chi connectivity index (χ0n) is 14.5. The molecule has 3 heterocycles. The monoisotopic (exact) mass is 317 g/mol. The summed E-state index contributed by atoms with van der Waals surface area (Å²) < 4.78 is 0. The summed E-state index contributed by atoms with van der Waals surface area (Å²) in [5.74, 6) is 0. The number of H-pyrrole nitrogens is 1. The Hall–Kier alpha value is -0.910. The van der Waals surface area contributed by atoms with Gasteiger partial charge in [-0.3, -0.25) is 19.8 Å². The van der Waals surface area contributed by atoms with Gasteiger partial charge in [0.2, 0.25) is 0 Å². The molecule has 3 aliphatic rings. The van der Waals surface area contributed by atoms with Crippen molar-refractivity contribution in [2.24, 2.45) is 0 Å². The average molecular weight is 317 g/mol. The Morgan fingerprint density at radius 1 is 1.00 bits per heavy atom. The first kappa shape index (κ1) is 15.6. The van der Waals surface area contributed by atoms with Crippen LogP contribution < -0.4 is 0 Å². The molecule has 4 rings (SSSR count). The zero-order chi connectivity index (χ0) is 15.6. The van der Waals surface area contributed by atoms with Gasteiger partial charge in [-0.2, -0.15) is 5.10 Å². The van der Waals surface area contributed by atoms with Crippen LogP contribution in [0.2, 0.25) is 0 Å². The van der Waals surface area contributed by atoms with Crippen molar-refractivity contribution in [3.63, 3.8) is 0 Å². The van der Waals surface area contributed by atoms with Gasteiger partial charge in [-0.15, -0.1) is 0 Å². The van der Waals surface area contributed by atoms with Crippen LogP contribution in [0.3, 0.4) is 0 Å². The van der Waals surface area contributed by atoms with E-state index >= 15 is 0 Å². The third-order valence-corrected chi connectivity index (χ3v) is 6.04. The highest BCUT2D eigenvalue weighted by atomic mass is 15.4. The van der Waals surface area contributed by atoms with Crippen LogP contribution in [0.1, 0.15) is 43.5 Å². The van der Waals surface area contributed by atoms with Gasteiger partial charge in [-0.25, -0.2) is 0 Å². The van der Waals surface area contributed by atoms with Crippen molar-refractivity contribution < 1.29 is 0 Å². The molecule has 0 spiro atoms. The van der Waals surface area contributed by atoms with Gasteiger partial charge in [0.15, 0.2) is 0 Å². The summed E-state index contributed by atoms with van der Waals surface area (Å²) in [6.45, 7) is 10.6. The Labute approximate surface area is 140 Å². The maximum absolute atomic E-state index is 4.35. The van der Waals surface area contributed by atoms with Crippen LogP contribution in [0.25, 0.3) is 0 Å². The topological polar surface area (TPSA) is 38.4 Å². The molecule has 128 valence electrons. The maximum atomic E-state index is 4.35. The summed E-state index contributed by atoms with van der Waals surface area (Å²) in [5, 5.41) is 7.39. The lowest BCUT2D eigenvalue weighted by atomic mass is 9.93. The Morgan fingerprint density at radius 3 is 2.26 bits per heavy atom. The quantitative estimate of drug-likeness (QED) is 0.920. The summed E-state index contributed by atoms with van der Waals surface area (Å²) in [7, 11) is 0. The summed E-state index contributed by atoms with van der Waals surface area (Å²) in [4.78, 5) is 8.03. The lowest BCUT2D eigenvalue weighted by Gasteiger charge is -2.49. The fourth-order valence-corrected chi connectivity index (χ4v) is 4.60. The van der Waals surface area contributed by atoms with E-state index in [0.717, 1.165) is 24.3 Å². The third kappa shape index (κ3) is 3.62. The Morgan fingerprint density at radius 2 is 1.65 bits per heavy atom. The molecule has 1 aliphatic carbocycles. The van der Waals surface area contributed by atoms with Crippen molar-refractivity contribution in [2.45, 2.75) is 57.7 Å². The van der Waals surface area contributed by atoms with Crippen molar-refractivity contribution in [1.29, 1.82) is 0 Å². The van der Waals surface area contributed by atoms with E-state index in [9.17, 15) is 0 Å². The van der Waals surface area contributed by atoms with Crippen LogP contribution in [-0.2, 0) is 6.54 Å². The number of rotatable bonds is 4. The number of hydrogen-bond donors (Lipinski definition) is 1. The Kier molecular flexibility index (Phi) is 4.69. The molecule has 3 fully saturated rings. The lowest BCUT2D eigenvalue weighted by molar-refractivity contribution is -0.0108. The van der Waals surface area contributed by atoms with Gasteiger partial charge >= 0.3 is 0 Å². The van der Waals surface area contributed by atoms with E-state index in [4.69, 9.17) is 0 Å². The van der Waals surface area contributed by atoms with Gasteiger partial charge in [0.1, 0.15) is 0 Å². The van der Waals surface area contributed by atoms with Crippen LogP contribution in [0, 0.1) is 6.92 Å². The van der Waals surface area contributed by atoms with Gasteiger partial charge in [-0.1, -0.05) is 19.3 Å². The number of hydrogen-bond acceptors (Lipinski definition) is 4. The molecule has 1 aromatic heterocycles. The molecule has 5 heteroatoms. The number of likely N-dealkylation sites (tertiary alicyclic amines) is 1. The smallest absolute Gasteiger partial charge is 0.0765 e. The van der Waals surface area contributed by atoms with Crippen LogP contribution >= 0.6 is 0 Å². The minimum absolute atomic E-state index is 0.781. The first-order valence-electron chi connectivity index (χ1n) is 9.49. The van der Waals surface area contributed by atoms with Crippen LogP contribution in [0.4, 0.5) is 0 Å². The number of nitrogens with one attached hydrogen (secondary N) is 1. The second-order valence-electron chi connectivity index (χ2n) is 7.75. The molecule has 0 unspecified atom stereocenters. The number of aromatic nitrogens is 2. The van der Waals surface area contributed by atoms with Gasteiger partial charge < -0.3 is 0 Å². The highest BCUT2D eigenvalue weighted by Gasteiger charge is 2.34. The van der Waals surface area contributed by atoms with Crippen molar-refractivity contribution in [1.82, 2.24) is 24.9 Å². The molecule has 0 bridgehead atoms. The zero-order valence-corrected chi connectivity index (χ0v) is 14.5. The lowest BCUT2D eigenvalue weighted by Crippen LogP contribution is -2.63. The van der Waals surface area contributed by atoms with Crippen LogP contribution in [0.5, 0.6) is 0 Å². The van der Waals surface area contributed by atoms with E-state index in [-0.39, 0.29) is 0 Å². The second kappa shape index (κ2) is 6.91. The summed E-state index contributed by atoms with van der Waals surface area (Å²) in [6.07, 6.45) is 7.26. The number of aryl methyl sites for hydroxylation is 1. The van der Waals surface area contributed by atoms with Gasteiger partial charge in [-0.05, 0) is 25.8 Å². The van der Waals surface area contributed by atoms with Crippen molar-refractivity contribution >= 4 is 0 Å². The first-order valence-corrected chi connectivity index (χ1v) is 9.49. The van der Waals surface area contributed by atoms with E-state index in [1.54, 1.807) is 0 Å². The molecule has 1 N–H and O–H groups in total. The van der Waals surface area contributed by atoms with Gasteiger partial charge in [0.25, 0.3) is 0 Å². The fourth-order valence-electron chi connectivity index (χ4n) is 4.60. The molecule has 23 heavy (non-hydrogen) atoms. The second-order valence-corrected chi connectivity index (χ2v) is 7.75. The fraction of sp³-hybridized carbons (Fsp3) is 0.833. The molecule has 2 aliphatic heterocycles. The molecular formula is C18H31N5.